The van der Waals surface area contributed by atoms with Crippen LogP contribution >= 0.6 is 0 Å². The fraction of sp³-hybridized carbons (Fsp3) is 0.321. The van der Waals surface area contributed by atoms with Crippen molar-refractivity contribution < 1.29 is 14.2 Å². The summed E-state index contributed by atoms with van der Waals surface area (Å²) in [6, 6.07) is 8.09. The molecule has 11 nitrogen and oxygen atoms in total. The van der Waals surface area contributed by atoms with Crippen LogP contribution < -0.4 is 4.74 Å². The van der Waals surface area contributed by atoms with Crippen LogP contribution in [0.15, 0.2) is 61.6 Å². The molecule has 0 saturated carbocycles. The first-order valence-corrected chi connectivity index (χ1v) is 12.9. The highest BCUT2D eigenvalue weighted by Gasteiger charge is 2.25. The minimum atomic E-state index is -0.992. The van der Waals surface area contributed by atoms with Gasteiger partial charge in [0.15, 0.2) is 11.6 Å². The van der Waals surface area contributed by atoms with Gasteiger partial charge in [0.05, 0.1) is 53.7 Å². The predicted octanol–water partition coefficient (Wildman–Crippen LogP) is 3.39. The molecular weight excluding hydrogens is 513 g/mol. The molecule has 40 heavy (non-hydrogen) atoms. The molecule has 12 heteroatoms. The minimum Gasteiger partial charge on any atom is -0.489 e. The standard InChI is InChI=1S/C28H28FN9O2/c1-28(2,39)18-40-24-7-25(27-20(8-30)10-33-38(27)17-24)21-11-32-36(14-21)23-5-6-35(16-23)13-19-3-4-26(31-9-19)37-15-22(29)12-34-37/h3-4,7,9-12,14-15,17,23,39H,5-6,13,16,18H2,1-2H3/t23-/m0/s1. The number of nitrogens with zero attached hydrogens (tertiary/aromatic N) is 9. The first-order chi connectivity index (χ1) is 19.3. The van der Waals surface area contributed by atoms with E-state index in [1.807, 2.05) is 29.1 Å². The highest BCUT2D eigenvalue weighted by molar-refractivity contribution is 5.84. The van der Waals surface area contributed by atoms with Crippen molar-refractivity contribution in [2.24, 2.45) is 0 Å². The van der Waals surface area contributed by atoms with Crippen LogP contribution in [-0.2, 0) is 6.54 Å². The van der Waals surface area contributed by atoms with Crippen LogP contribution in [0.5, 0.6) is 5.75 Å². The number of rotatable bonds is 8. The first kappa shape index (κ1) is 25.7. The first-order valence-electron chi connectivity index (χ1n) is 12.9. The van der Waals surface area contributed by atoms with Gasteiger partial charge in [0, 0.05) is 43.2 Å². The second kappa shape index (κ2) is 10.2. The topological polar surface area (TPSA) is 122 Å². The van der Waals surface area contributed by atoms with Gasteiger partial charge in [-0.3, -0.25) is 9.58 Å². The van der Waals surface area contributed by atoms with Crippen LogP contribution in [0, 0.1) is 17.1 Å². The highest BCUT2D eigenvalue weighted by atomic mass is 19.1. The van der Waals surface area contributed by atoms with Gasteiger partial charge in [-0.15, -0.1) is 0 Å². The van der Waals surface area contributed by atoms with Crippen molar-refractivity contribution in [1.82, 2.24) is 39.1 Å². The van der Waals surface area contributed by atoms with E-state index in [-0.39, 0.29) is 12.6 Å². The van der Waals surface area contributed by atoms with E-state index in [4.69, 9.17) is 4.74 Å². The molecule has 1 fully saturated rings. The largest absolute Gasteiger partial charge is 0.489 e. The molecule has 5 aromatic heterocycles. The van der Waals surface area contributed by atoms with Crippen molar-refractivity contribution in [2.45, 2.75) is 38.5 Å². The van der Waals surface area contributed by atoms with E-state index in [2.05, 4.69) is 31.2 Å². The second-order valence-electron chi connectivity index (χ2n) is 10.7. The quantitative estimate of drug-likeness (QED) is 0.317. The molecule has 6 rings (SSSR count). The number of ether oxygens (including phenoxy) is 1. The molecule has 0 radical (unpaired) electrons. The fourth-order valence-electron chi connectivity index (χ4n) is 4.92. The second-order valence-corrected chi connectivity index (χ2v) is 10.7. The molecule has 1 N–H and O–H groups in total. The van der Waals surface area contributed by atoms with Crippen LogP contribution in [0.2, 0.25) is 0 Å². The van der Waals surface area contributed by atoms with E-state index in [0.717, 1.165) is 48.9 Å². The summed E-state index contributed by atoms with van der Waals surface area (Å²) in [6.07, 6.45) is 12.2. The fourth-order valence-corrected chi connectivity index (χ4v) is 4.92. The Morgan fingerprint density at radius 1 is 1.12 bits per heavy atom. The summed E-state index contributed by atoms with van der Waals surface area (Å²) in [5.74, 6) is 0.703. The number of aromatic nitrogens is 7. The van der Waals surface area contributed by atoms with Gasteiger partial charge in [0.2, 0.25) is 0 Å². The lowest BCUT2D eigenvalue weighted by atomic mass is 10.1. The molecule has 0 bridgehead atoms. The number of pyridine rings is 2. The van der Waals surface area contributed by atoms with Crippen LogP contribution in [0.3, 0.4) is 0 Å². The smallest absolute Gasteiger partial charge is 0.161 e. The van der Waals surface area contributed by atoms with Crippen molar-refractivity contribution in [3.8, 4) is 28.8 Å². The van der Waals surface area contributed by atoms with Gasteiger partial charge < -0.3 is 9.84 Å². The number of nitriles is 1. The summed E-state index contributed by atoms with van der Waals surface area (Å²) in [5.41, 5.74) is 2.85. The Hall–Kier alpha value is -4.60. The Morgan fingerprint density at radius 2 is 2.00 bits per heavy atom. The Morgan fingerprint density at radius 3 is 2.73 bits per heavy atom. The average molecular weight is 542 g/mol. The molecular formula is C28H28FN9O2. The third kappa shape index (κ3) is 5.29. The van der Waals surface area contributed by atoms with Crippen LogP contribution in [0.4, 0.5) is 4.39 Å². The molecule has 1 aliphatic heterocycles. The van der Waals surface area contributed by atoms with Crippen LogP contribution in [0.25, 0.3) is 22.5 Å². The molecule has 1 aliphatic rings. The Kier molecular flexibility index (Phi) is 6.53. The van der Waals surface area contributed by atoms with E-state index in [1.54, 1.807) is 37.0 Å². The summed E-state index contributed by atoms with van der Waals surface area (Å²) >= 11 is 0. The zero-order valence-corrected chi connectivity index (χ0v) is 22.1. The molecule has 0 aliphatic carbocycles. The van der Waals surface area contributed by atoms with Gasteiger partial charge in [0.25, 0.3) is 0 Å². The maximum absolute atomic E-state index is 13.3. The Labute approximate surface area is 229 Å². The molecule has 0 unspecified atom stereocenters. The van der Waals surface area contributed by atoms with E-state index >= 15 is 0 Å². The SMILES string of the molecule is CC(C)(O)COc1cc(-c2cnn([C@H]3CCN(Cc4ccc(-n5cc(F)cn5)nc4)C3)c2)c2c(C#N)cnn2c1. The molecule has 6 heterocycles. The van der Waals surface area contributed by atoms with E-state index < -0.39 is 11.4 Å². The normalized spacial score (nSPS) is 16.0. The lowest BCUT2D eigenvalue weighted by Crippen LogP contribution is -2.27. The Balaban J connectivity index is 1.18. The van der Waals surface area contributed by atoms with Crippen molar-refractivity contribution in [3.63, 3.8) is 0 Å². The van der Waals surface area contributed by atoms with Crippen LogP contribution in [-0.4, -0.2) is 69.5 Å². The van der Waals surface area contributed by atoms with E-state index in [1.165, 1.54) is 17.1 Å². The lowest BCUT2D eigenvalue weighted by Gasteiger charge is -2.18. The maximum atomic E-state index is 13.3. The summed E-state index contributed by atoms with van der Waals surface area (Å²) in [6.45, 7) is 5.96. The van der Waals surface area contributed by atoms with Crippen molar-refractivity contribution >= 4 is 5.52 Å². The molecule has 204 valence electrons. The number of halogens is 1. The van der Waals surface area contributed by atoms with Gasteiger partial charge in [-0.05, 0) is 38.0 Å². The number of fused-ring (bicyclic) bond motifs is 1. The average Bonchev–Trinajstić information content (AvgIpc) is 3.73. The van der Waals surface area contributed by atoms with Gasteiger partial charge >= 0.3 is 0 Å². The molecule has 0 aromatic carbocycles. The number of aliphatic hydroxyl groups is 1. The summed E-state index contributed by atoms with van der Waals surface area (Å²) in [7, 11) is 0. The van der Waals surface area contributed by atoms with Gasteiger partial charge in [-0.1, -0.05) is 6.07 Å². The van der Waals surface area contributed by atoms with Gasteiger partial charge in [-0.2, -0.15) is 20.6 Å². The zero-order valence-electron chi connectivity index (χ0n) is 22.1. The van der Waals surface area contributed by atoms with Crippen LogP contribution in [0.1, 0.15) is 37.4 Å². The highest BCUT2D eigenvalue weighted by Crippen LogP contribution is 2.32. The number of hydrogen-bond acceptors (Lipinski definition) is 8. The molecule has 5 aromatic rings. The molecule has 0 amide bonds. The van der Waals surface area contributed by atoms with Crippen molar-refractivity contribution in [2.75, 3.05) is 19.7 Å². The molecule has 1 atom stereocenters. The molecule has 1 saturated heterocycles. The number of hydrogen-bond donors (Lipinski definition) is 1. The zero-order chi connectivity index (χ0) is 27.9. The van der Waals surface area contributed by atoms with Gasteiger partial charge in [-0.25, -0.2) is 18.6 Å². The van der Waals surface area contributed by atoms with Gasteiger partial charge in [0.1, 0.15) is 18.4 Å². The Bertz CT molecular complexity index is 1690. The predicted molar refractivity (Wildman–Crippen MR) is 143 cm³/mol. The summed E-state index contributed by atoms with van der Waals surface area (Å²) in [4.78, 5) is 6.77. The third-order valence-corrected chi connectivity index (χ3v) is 6.83. The lowest BCUT2D eigenvalue weighted by molar-refractivity contribution is 0.0283. The number of likely N-dealkylation sites (tertiary alicyclic amines) is 1. The van der Waals surface area contributed by atoms with E-state index in [0.29, 0.717) is 22.6 Å². The van der Waals surface area contributed by atoms with E-state index in [9.17, 15) is 14.8 Å². The monoisotopic (exact) mass is 541 g/mol. The van der Waals surface area contributed by atoms with Crippen molar-refractivity contribution in [3.05, 3.63) is 78.5 Å². The summed E-state index contributed by atoms with van der Waals surface area (Å²) < 4.78 is 24.1. The molecule has 0 spiro atoms. The third-order valence-electron chi connectivity index (χ3n) is 6.83. The maximum Gasteiger partial charge on any atom is 0.161 e. The summed E-state index contributed by atoms with van der Waals surface area (Å²) in [5, 5.41) is 32.7. The minimum absolute atomic E-state index is 0.113. The van der Waals surface area contributed by atoms with Crippen molar-refractivity contribution in [1.29, 1.82) is 5.26 Å².